The molecule has 1 aromatic carbocycles. The van der Waals surface area contributed by atoms with Crippen LogP contribution in [0.2, 0.25) is 5.02 Å². The van der Waals surface area contributed by atoms with Gasteiger partial charge >= 0.3 is 5.97 Å². The molecular weight excluding hydrogens is 244 g/mol. The molecule has 0 bridgehead atoms. The molecule has 2 rings (SSSR count). The highest BCUT2D eigenvalue weighted by molar-refractivity contribution is 6.32. The van der Waals surface area contributed by atoms with Crippen molar-refractivity contribution in [3.63, 3.8) is 0 Å². The second kappa shape index (κ2) is 4.84. The van der Waals surface area contributed by atoms with Crippen molar-refractivity contribution in [1.29, 1.82) is 0 Å². The van der Waals surface area contributed by atoms with Gasteiger partial charge in [0, 0.05) is 17.0 Å². The van der Waals surface area contributed by atoms with Crippen LogP contribution in [0.15, 0.2) is 12.1 Å². The molecule has 1 aliphatic heterocycles. The van der Waals surface area contributed by atoms with E-state index in [9.17, 15) is 4.79 Å². The van der Waals surface area contributed by atoms with Crippen LogP contribution in [0.5, 0.6) is 11.5 Å². The molecule has 1 unspecified atom stereocenters. The highest BCUT2D eigenvalue weighted by Crippen LogP contribution is 2.41. The minimum Gasteiger partial charge on any atom is -0.490 e. The van der Waals surface area contributed by atoms with Crippen molar-refractivity contribution in [2.45, 2.75) is 19.3 Å². The molecule has 1 N–H and O–H groups in total. The third kappa shape index (κ3) is 2.31. The highest BCUT2D eigenvalue weighted by atomic mass is 35.5. The lowest BCUT2D eigenvalue weighted by Crippen LogP contribution is -2.10. The first-order valence-corrected chi connectivity index (χ1v) is 5.80. The van der Waals surface area contributed by atoms with E-state index in [0.717, 1.165) is 6.42 Å². The lowest BCUT2D eigenvalue weighted by molar-refractivity contribution is -0.138. The molecule has 0 saturated carbocycles. The minimum absolute atomic E-state index is 0.393. The number of rotatable bonds is 2. The van der Waals surface area contributed by atoms with Gasteiger partial charge in [0.25, 0.3) is 0 Å². The van der Waals surface area contributed by atoms with Gasteiger partial charge in [-0.3, -0.25) is 4.79 Å². The van der Waals surface area contributed by atoms with Crippen molar-refractivity contribution < 1.29 is 19.4 Å². The molecule has 1 aromatic rings. The number of aliphatic carboxylic acids is 1. The maximum atomic E-state index is 11.1. The van der Waals surface area contributed by atoms with Gasteiger partial charge in [0.05, 0.1) is 19.1 Å². The van der Waals surface area contributed by atoms with Crippen LogP contribution in [0.25, 0.3) is 0 Å². The monoisotopic (exact) mass is 256 g/mol. The first kappa shape index (κ1) is 12.0. The van der Waals surface area contributed by atoms with Crippen molar-refractivity contribution in [3.8, 4) is 11.5 Å². The van der Waals surface area contributed by atoms with Crippen LogP contribution in [0, 0.1) is 0 Å². The number of ether oxygens (including phenoxy) is 2. The topological polar surface area (TPSA) is 55.8 Å². The van der Waals surface area contributed by atoms with Gasteiger partial charge in [-0.2, -0.15) is 0 Å². The van der Waals surface area contributed by atoms with E-state index in [0.29, 0.717) is 35.3 Å². The minimum atomic E-state index is -0.937. The number of hydrogen-bond acceptors (Lipinski definition) is 3. The van der Waals surface area contributed by atoms with Gasteiger partial charge in [-0.1, -0.05) is 11.6 Å². The zero-order valence-corrected chi connectivity index (χ0v) is 10.2. The summed E-state index contributed by atoms with van der Waals surface area (Å²) in [7, 11) is 0. The maximum Gasteiger partial charge on any atom is 0.310 e. The summed E-state index contributed by atoms with van der Waals surface area (Å²) in [5.41, 5.74) is 0.485. The van der Waals surface area contributed by atoms with Crippen LogP contribution in [-0.4, -0.2) is 24.3 Å². The van der Waals surface area contributed by atoms with Crippen LogP contribution in [-0.2, 0) is 4.79 Å². The Hall–Kier alpha value is -1.42. The highest BCUT2D eigenvalue weighted by Gasteiger charge is 2.25. The van der Waals surface area contributed by atoms with E-state index in [1.54, 1.807) is 19.1 Å². The Morgan fingerprint density at radius 1 is 1.41 bits per heavy atom. The molecule has 1 atom stereocenters. The molecule has 0 aromatic heterocycles. The fourth-order valence-corrected chi connectivity index (χ4v) is 2.07. The Labute approximate surface area is 104 Å². The molecule has 0 aliphatic carbocycles. The average Bonchev–Trinajstić information content (AvgIpc) is 2.53. The fraction of sp³-hybridized carbons (Fsp3) is 0.417. The van der Waals surface area contributed by atoms with Crippen molar-refractivity contribution in [2.24, 2.45) is 0 Å². The lowest BCUT2D eigenvalue weighted by atomic mass is 9.99. The fourth-order valence-electron chi connectivity index (χ4n) is 1.76. The van der Waals surface area contributed by atoms with Gasteiger partial charge in [-0.05, 0) is 19.1 Å². The predicted octanol–water partition coefficient (Wildman–Crippen LogP) is 2.69. The van der Waals surface area contributed by atoms with Gasteiger partial charge in [0.2, 0.25) is 0 Å². The van der Waals surface area contributed by atoms with Gasteiger partial charge < -0.3 is 14.6 Å². The van der Waals surface area contributed by atoms with Crippen molar-refractivity contribution in [2.75, 3.05) is 13.2 Å². The Kier molecular flexibility index (Phi) is 3.43. The summed E-state index contributed by atoms with van der Waals surface area (Å²) in [5, 5.41) is 9.47. The molecule has 92 valence electrons. The van der Waals surface area contributed by atoms with E-state index >= 15 is 0 Å². The second-order valence-corrected chi connectivity index (χ2v) is 4.31. The molecule has 17 heavy (non-hydrogen) atoms. The van der Waals surface area contributed by atoms with E-state index in [-0.39, 0.29) is 0 Å². The Morgan fingerprint density at radius 3 is 2.82 bits per heavy atom. The van der Waals surface area contributed by atoms with E-state index in [1.165, 1.54) is 0 Å². The summed E-state index contributed by atoms with van der Waals surface area (Å²) in [4.78, 5) is 11.1. The molecule has 0 spiro atoms. The van der Waals surface area contributed by atoms with E-state index < -0.39 is 11.9 Å². The number of benzene rings is 1. The largest absolute Gasteiger partial charge is 0.490 e. The number of carboxylic acid groups (broad SMARTS) is 1. The quantitative estimate of drug-likeness (QED) is 0.884. The van der Waals surface area contributed by atoms with E-state index in [2.05, 4.69) is 0 Å². The summed E-state index contributed by atoms with van der Waals surface area (Å²) in [5.74, 6) is -0.632. The predicted molar refractivity (Wildman–Crippen MR) is 63.1 cm³/mol. The second-order valence-electron chi connectivity index (χ2n) is 3.90. The van der Waals surface area contributed by atoms with Crippen molar-refractivity contribution in [3.05, 3.63) is 22.7 Å². The Morgan fingerprint density at radius 2 is 2.12 bits per heavy atom. The van der Waals surface area contributed by atoms with Crippen LogP contribution >= 0.6 is 11.6 Å². The Balaban J connectivity index is 2.52. The zero-order chi connectivity index (χ0) is 12.4. The normalized spacial score (nSPS) is 16.1. The molecule has 0 amide bonds. The number of halogens is 1. The number of carbonyl (C=O) groups is 1. The van der Waals surface area contributed by atoms with Gasteiger partial charge in [0.1, 0.15) is 0 Å². The molecule has 5 heteroatoms. The third-order valence-electron chi connectivity index (χ3n) is 2.70. The SMILES string of the molecule is CC(C(=O)O)c1c(Cl)ccc2c1OCCCO2. The van der Waals surface area contributed by atoms with Crippen LogP contribution in [0.4, 0.5) is 0 Å². The van der Waals surface area contributed by atoms with E-state index in [1.807, 2.05) is 0 Å². The van der Waals surface area contributed by atoms with Gasteiger partial charge in [-0.15, -0.1) is 0 Å². The number of fused-ring (bicyclic) bond motifs is 1. The summed E-state index contributed by atoms with van der Waals surface area (Å²) < 4.78 is 11.1. The Bertz CT molecular complexity index is 444. The number of carboxylic acids is 1. The zero-order valence-electron chi connectivity index (χ0n) is 9.40. The molecule has 4 nitrogen and oxygen atoms in total. The maximum absolute atomic E-state index is 11.1. The molecule has 0 radical (unpaired) electrons. The molecule has 0 saturated heterocycles. The summed E-state index contributed by atoms with van der Waals surface area (Å²) in [6, 6.07) is 3.35. The van der Waals surface area contributed by atoms with Gasteiger partial charge in [0.15, 0.2) is 11.5 Å². The molecule has 1 heterocycles. The third-order valence-corrected chi connectivity index (χ3v) is 3.03. The van der Waals surface area contributed by atoms with Crippen LogP contribution in [0.1, 0.15) is 24.8 Å². The van der Waals surface area contributed by atoms with Gasteiger partial charge in [-0.25, -0.2) is 0 Å². The summed E-state index contributed by atoms with van der Waals surface area (Å²) >= 11 is 6.05. The van der Waals surface area contributed by atoms with Crippen LogP contribution < -0.4 is 9.47 Å². The average molecular weight is 257 g/mol. The number of hydrogen-bond donors (Lipinski definition) is 1. The summed E-state index contributed by atoms with van der Waals surface area (Å²) in [6.07, 6.45) is 0.771. The first-order valence-electron chi connectivity index (χ1n) is 5.42. The van der Waals surface area contributed by atoms with Crippen LogP contribution in [0.3, 0.4) is 0 Å². The van der Waals surface area contributed by atoms with Crippen molar-refractivity contribution >= 4 is 17.6 Å². The molecule has 1 aliphatic rings. The summed E-state index contributed by atoms with van der Waals surface area (Å²) in [6.45, 7) is 2.65. The smallest absolute Gasteiger partial charge is 0.310 e. The molecular formula is C12H13ClO4. The molecule has 0 fully saturated rings. The standard InChI is InChI=1S/C12H13ClO4/c1-7(12(14)15)10-8(13)3-4-9-11(10)17-6-2-5-16-9/h3-4,7H,2,5-6H2,1H3,(H,14,15). The van der Waals surface area contributed by atoms with E-state index in [4.69, 9.17) is 26.2 Å². The lowest BCUT2D eigenvalue weighted by Gasteiger charge is -2.16. The van der Waals surface area contributed by atoms with Crippen molar-refractivity contribution in [1.82, 2.24) is 0 Å². The first-order chi connectivity index (χ1) is 8.11.